The number of hydrogen-bond acceptors (Lipinski definition) is 2. The molecule has 138 valence electrons. The quantitative estimate of drug-likeness (QED) is 0.302. The van der Waals surface area contributed by atoms with Crippen LogP contribution in [0.4, 0.5) is 4.39 Å². The molecule has 0 aliphatic heterocycles. The second-order valence-electron chi connectivity index (χ2n) is 6.51. The summed E-state index contributed by atoms with van der Waals surface area (Å²) >= 11 is 0. The van der Waals surface area contributed by atoms with Gasteiger partial charge in [0.15, 0.2) is 5.82 Å². The molecule has 0 spiro atoms. The van der Waals surface area contributed by atoms with E-state index in [1.165, 1.54) is 64.0 Å². The molecule has 3 nitrogen and oxygen atoms in total. The Kier molecular flexibility index (Phi) is 11.2. The van der Waals surface area contributed by atoms with Crippen LogP contribution in [0.1, 0.15) is 94.8 Å². The minimum atomic E-state index is -0.576. The lowest BCUT2D eigenvalue weighted by Gasteiger charge is -2.04. The van der Waals surface area contributed by atoms with E-state index < -0.39 is 11.8 Å². The average molecular weight is 339 g/mol. The summed E-state index contributed by atoms with van der Waals surface area (Å²) < 4.78 is 20.3. The highest BCUT2D eigenvalue weighted by Gasteiger charge is 2.15. The van der Waals surface area contributed by atoms with E-state index in [1.54, 1.807) is 17.7 Å². The van der Waals surface area contributed by atoms with Crippen molar-refractivity contribution >= 4 is 5.97 Å². The lowest BCUT2D eigenvalue weighted by atomic mass is 10.1. The Hall–Kier alpha value is -1.32. The Bertz CT molecular complexity index is 456. The minimum Gasteiger partial charge on any atom is -0.462 e. The SMILES string of the molecule is CCCCCCCCCCCCCn1cc(F)c(C(=O)OCC)c1. The molecule has 24 heavy (non-hydrogen) atoms. The second kappa shape index (κ2) is 13.0. The minimum absolute atomic E-state index is 0.0416. The molecule has 4 heteroatoms. The summed E-state index contributed by atoms with van der Waals surface area (Å²) in [6, 6.07) is 0. The predicted octanol–water partition coefficient (Wildman–Crippen LogP) is 6.11. The molecular formula is C20H34FNO2. The van der Waals surface area contributed by atoms with Gasteiger partial charge in [-0.1, -0.05) is 71.1 Å². The number of nitrogens with zero attached hydrogens (tertiary/aromatic N) is 1. The van der Waals surface area contributed by atoms with Gasteiger partial charge in [-0.15, -0.1) is 0 Å². The van der Waals surface area contributed by atoms with Crippen molar-refractivity contribution in [1.29, 1.82) is 0 Å². The molecule has 0 amide bonds. The number of esters is 1. The summed E-state index contributed by atoms with van der Waals surface area (Å²) in [5, 5.41) is 0. The molecule has 0 aliphatic rings. The van der Waals surface area contributed by atoms with Crippen LogP contribution in [0.2, 0.25) is 0 Å². The van der Waals surface area contributed by atoms with Crippen LogP contribution in [-0.2, 0) is 11.3 Å². The van der Waals surface area contributed by atoms with Gasteiger partial charge < -0.3 is 9.30 Å². The summed E-state index contributed by atoms with van der Waals surface area (Å²) in [7, 11) is 0. The third-order valence-corrected chi connectivity index (χ3v) is 4.35. The summed E-state index contributed by atoms with van der Waals surface area (Å²) in [5.41, 5.74) is 0.0416. The number of aromatic nitrogens is 1. The van der Waals surface area contributed by atoms with Crippen LogP contribution < -0.4 is 0 Å². The summed E-state index contributed by atoms with van der Waals surface area (Å²) in [6.07, 6.45) is 17.2. The van der Waals surface area contributed by atoms with Crippen LogP contribution in [0.15, 0.2) is 12.4 Å². The molecule has 0 saturated carbocycles. The normalized spacial score (nSPS) is 11.0. The first-order valence-corrected chi connectivity index (χ1v) is 9.71. The van der Waals surface area contributed by atoms with E-state index in [4.69, 9.17) is 4.74 Å². The number of unbranched alkanes of at least 4 members (excludes halogenated alkanes) is 10. The number of ether oxygens (including phenoxy) is 1. The van der Waals surface area contributed by atoms with E-state index in [0.717, 1.165) is 19.4 Å². The molecule has 0 radical (unpaired) electrons. The molecule has 0 aromatic carbocycles. The van der Waals surface area contributed by atoms with Crippen molar-refractivity contribution in [3.8, 4) is 0 Å². The van der Waals surface area contributed by atoms with E-state index in [2.05, 4.69) is 6.92 Å². The zero-order valence-electron chi connectivity index (χ0n) is 15.5. The third kappa shape index (κ3) is 8.51. The van der Waals surface area contributed by atoms with Gasteiger partial charge in [0.1, 0.15) is 5.56 Å². The zero-order valence-corrected chi connectivity index (χ0v) is 15.5. The fraction of sp³-hybridized carbons (Fsp3) is 0.750. The Balaban J connectivity index is 2.05. The molecule has 0 unspecified atom stereocenters. The van der Waals surface area contributed by atoms with Gasteiger partial charge >= 0.3 is 5.97 Å². The number of hydrogen-bond donors (Lipinski definition) is 0. The molecule has 0 N–H and O–H groups in total. The number of aryl methyl sites for hydroxylation is 1. The van der Waals surface area contributed by atoms with Gasteiger partial charge in [-0.25, -0.2) is 9.18 Å². The Morgan fingerprint density at radius 3 is 2.00 bits per heavy atom. The van der Waals surface area contributed by atoms with Crippen molar-refractivity contribution in [1.82, 2.24) is 4.57 Å². The molecule has 0 bridgehead atoms. The molecular weight excluding hydrogens is 305 g/mol. The van der Waals surface area contributed by atoms with Gasteiger partial charge in [-0.3, -0.25) is 0 Å². The highest BCUT2D eigenvalue weighted by atomic mass is 19.1. The lowest BCUT2D eigenvalue weighted by molar-refractivity contribution is 0.0521. The van der Waals surface area contributed by atoms with Gasteiger partial charge in [0.2, 0.25) is 0 Å². The van der Waals surface area contributed by atoms with Crippen LogP contribution in [-0.4, -0.2) is 17.1 Å². The Labute approximate surface area is 146 Å². The van der Waals surface area contributed by atoms with E-state index in [9.17, 15) is 9.18 Å². The molecule has 1 heterocycles. The van der Waals surface area contributed by atoms with Gasteiger partial charge in [0.25, 0.3) is 0 Å². The fourth-order valence-electron chi connectivity index (χ4n) is 2.93. The molecule has 0 fully saturated rings. The third-order valence-electron chi connectivity index (χ3n) is 4.35. The maximum Gasteiger partial charge on any atom is 0.342 e. The van der Waals surface area contributed by atoms with E-state index >= 15 is 0 Å². The van der Waals surface area contributed by atoms with Crippen molar-refractivity contribution in [2.75, 3.05) is 6.61 Å². The molecule has 0 saturated heterocycles. The molecule has 1 aromatic rings. The van der Waals surface area contributed by atoms with Crippen LogP contribution in [0.5, 0.6) is 0 Å². The first-order valence-electron chi connectivity index (χ1n) is 9.71. The predicted molar refractivity (Wildman–Crippen MR) is 96.8 cm³/mol. The van der Waals surface area contributed by atoms with Crippen LogP contribution >= 0.6 is 0 Å². The molecule has 1 aromatic heterocycles. The van der Waals surface area contributed by atoms with Gasteiger partial charge in [0.05, 0.1) is 6.61 Å². The van der Waals surface area contributed by atoms with Gasteiger partial charge in [-0.05, 0) is 13.3 Å². The maximum atomic E-state index is 13.7. The maximum absolute atomic E-state index is 13.7. The molecule has 0 atom stereocenters. The monoisotopic (exact) mass is 339 g/mol. The van der Waals surface area contributed by atoms with Crippen LogP contribution in [0.25, 0.3) is 0 Å². The largest absolute Gasteiger partial charge is 0.462 e. The number of halogens is 1. The first kappa shape index (κ1) is 20.7. The van der Waals surface area contributed by atoms with Crippen molar-refractivity contribution in [3.05, 3.63) is 23.8 Å². The summed E-state index contributed by atoms with van der Waals surface area (Å²) in [4.78, 5) is 11.6. The van der Waals surface area contributed by atoms with Crippen molar-refractivity contribution in [2.45, 2.75) is 91.0 Å². The topological polar surface area (TPSA) is 31.2 Å². The average Bonchev–Trinajstić information content (AvgIpc) is 2.94. The number of carbonyl (C=O) groups is 1. The smallest absolute Gasteiger partial charge is 0.342 e. The Morgan fingerprint density at radius 1 is 0.917 bits per heavy atom. The summed E-state index contributed by atoms with van der Waals surface area (Å²) in [5.74, 6) is -1.07. The highest BCUT2D eigenvalue weighted by molar-refractivity contribution is 5.89. The van der Waals surface area contributed by atoms with Crippen LogP contribution in [0.3, 0.4) is 0 Å². The number of rotatable bonds is 14. The standard InChI is InChI=1S/C20H34FNO2/c1-3-5-6-7-8-9-10-11-12-13-14-15-22-16-18(19(21)17-22)20(23)24-4-2/h16-17H,3-15H2,1-2H3. The lowest BCUT2D eigenvalue weighted by Crippen LogP contribution is -2.05. The van der Waals surface area contributed by atoms with E-state index in [1.807, 2.05) is 0 Å². The number of carbonyl (C=O) groups excluding carboxylic acids is 1. The van der Waals surface area contributed by atoms with Gasteiger partial charge in [0, 0.05) is 18.9 Å². The fourth-order valence-corrected chi connectivity index (χ4v) is 2.93. The van der Waals surface area contributed by atoms with E-state index in [0.29, 0.717) is 0 Å². The molecule has 0 aliphatic carbocycles. The van der Waals surface area contributed by atoms with Crippen LogP contribution in [0, 0.1) is 5.82 Å². The zero-order chi connectivity index (χ0) is 17.6. The van der Waals surface area contributed by atoms with Crippen molar-refractivity contribution in [3.63, 3.8) is 0 Å². The van der Waals surface area contributed by atoms with Gasteiger partial charge in [-0.2, -0.15) is 0 Å². The molecule has 1 rings (SSSR count). The summed E-state index contributed by atoms with van der Waals surface area (Å²) in [6.45, 7) is 4.99. The van der Waals surface area contributed by atoms with E-state index in [-0.39, 0.29) is 12.2 Å². The first-order chi connectivity index (χ1) is 11.7. The highest BCUT2D eigenvalue weighted by Crippen LogP contribution is 2.14. The van der Waals surface area contributed by atoms with Crippen molar-refractivity contribution < 1.29 is 13.9 Å². The van der Waals surface area contributed by atoms with Crippen molar-refractivity contribution in [2.24, 2.45) is 0 Å². The second-order valence-corrected chi connectivity index (χ2v) is 6.51. The Morgan fingerprint density at radius 2 is 1.46 bits per heavy atom.